The largest absolute Gasteiger partial charge is 0.394 e. The molecule has 3 amide bonds. The fourth-order valence-corrected chi connectivity index (χ4v) is 7.28. The highest BCUT2D eigenvalue weighted by molar-refractivity contribution is 6.04. The van der Waals surface area contributed by atoms with Crippen LogP contribution in [0.2, 0.25) is 0 Å². The van der Waals surface area contributed by atoms with E-state index in [1.807, 2.05) is 86.6 Å². The zero-order valence-electron chi connectivity index (χ0n) is 23.5. The molecule has 41 heavy (non-hydrogen) atoms. The van der Waals surface area contributed by atoms with E-state index in [4.69, 9.17) is 4.74 Å². The molecule has 3 fully saturated rings. The van der Waals surface area contributed by atoms with E-state index < -0.39 is 35.6 Å². The van der Waals surface area contributed by atoms with Gasteiger partial charge < -0.3 is 25.4 Å². The second kappa shape index (κ2) is 10.9. The van der Waals surface area contributed by atoms with E-state index >= 15 is 0 Å². The van der Waals surface area contributed by atoms with Crippen LogP contribution in [0, 0.1) is 17.8 Å². The van der Waals surface area contributed by atoms with Crippen LogP contribution in [-0.2, 0) is 25.7 Å². The molecule has 0 saturated carbocycles. The van der Waals surface area contributed by atoms with Crippen LogP contribution in [0.5, 0.6) is 0 Å². The number of ether oxygens (including phenoxy) is 1. The molecule has 0 aliphatic carbocycles. The normalized spacial score (nSPS) is 27.3. The summed E-state index contributed by atoms with van der Waals surface area (Å²) in [5, 5.41) is 18.5. The lowest BCUT2D eigenvalue weighted by Gasteiger charge is -2.37. The minimum atomic E-state index is -1.12. The predicted molar refractivity (Wildman–Crippen MR) is 156 cm³/mol. The first-order valence-corrected chi connectivity index (χ1v) is 14.5. The van der Waals surface area contributed by atoms with Gasteiger partial charge in [-0.1, -0.05) is 74.5 Å². The van der Waals surface area contributed by atoms with Gasteiger partial charge in [0.25, 0.3) is 0 Å². The summed E-state index contributed by atoms with van der Waals surface area (Å²) in [4.78, 5) is 43.6. The maximum absolute atomic E-state index is 14.3. The molecule has 6 atom stereocenters. The van der Waals surface area contributed by atoms with Crippen LogP contribution in [-0.4, -0.2) is 58.1 Å². The average molecular weight is 556 g/mol. The molecule has 3 aromatic rings. The Bertz CT molecular complexity index is 1460. The van der Waals surface area contributed by atoms with Gasteiger partial charge in [0, 0.05) is 12.2 Å². The van der Waals surface area contributed by atoms with Crippen molar-refractivity contribution < 1.29 is 24.2 Å². The van der Waals surface area contributed by atoms with E-state index in [9.17, 15) is 19.5 Å². The SMILES string of the molecule is CC(C)C[C@H](CO)N1C(=O)[C@@H]2[C@@H](C(=O)NCc3ccccc3)[C@H]3CCC2(O3)C1C(=O)Nc1ccc2ccccc2c1. The number of anilines is 1. The predicted octanol–water partition coefficient (Wildman–Crippen LogP) is 3.88. The maximum Gasteiger partial charge on any atom is 0.250 e. The van der Waals surface area contributed by atoms with Crippen LogP contribution in [0.3, 0.4) is 0 Å². The van der Waals surface area contributed by atoms with Crippen molar-refractivity contribution >= 4 is 34.2 Å². The van der Waals surface area contributed by atoms with Crippen LogP contribution in [0.4, 0.5) is 5.69 Å². The highest BCUT2D eigenvalue weighted by Crippen LogP contribution is 2.59. The minimum Gasteiger partial charge on any atom is -0.394 e. The number of hydrogen-bond donors (Lipinski definition) is 3. The Hall–Kier alpha value is -3.75. The summed E-state index contributed by atoms with van der Waals surface area (Å²) < 4.78 is 6.55. The molecule has 1 spiro atoms. The fraction of sp³-hybridized carbons (Fsp3) is 0.424. The minimum absolute atomic E-state index is 0.185. The van der Waals surface area contributed by atoms with E-state index in [0.29, 0.717) is 31.5 Å². The Morgan fingerprint density at radius 3 is 2.49 bits per heavy atom. The van der Waals surface area contributed by atoms with Crippen molar-refractivity contribution in [3.05, 3.63) is 78.4 Å². The number of nitrogens with zero attached hydrogens (tertiary/aromatic N) is 1. The molecule has 3 saturated heterocycles. The van der Waals surface area contributed by atoms with Gasteiger partial charge in [0.05, 0.1) is 30.6 Å². The third-order valence-electron chi connectivity index (χ3n) is 8.96. The number of aliphatic hydroxyl groups is 1. The number of amides is 3. The monoisotopic (exact) mass is 555 g/mol. The number of benzene rings is 3. The molecular formula is C33H37N3O5. The number of aliphatic hydroxyl groups excluding tert-OH is 1. The molecule has 3 heterocycles. The topological polar surface area (TPSA) is 108 Å². The lowest BCUT2D eigenvalue weighted by molar-refractivity contribution is -0.144. The average Bonchev–Trinajstić information content (AvgIpc) is 3.62. The fourth-order valence-electron chi connectivity index (χ4n) is 7.28. The molecule has 3 N–H and O–H groups in total. The van der Waals surface area contributed by atoms with Crippen molar-refractivity contribution in [3.8, 4) is 0 Å². The molecule has 3 aromatic carbocycles. The highest BCUT2D eigenvalue weighted by Gasteiger charge is 2.75. The Kier molecular flexibility index (Phi) is 7.30. The van der Waals surface area contributed by atoms with Crippen LogP contribution in [0.15, 0.2) is 72.8 Å². The lowest BCUT2D eigenvalue weighted by atomic mass is 9.70. The maximum atomic E-state index is 14.3. The van der Waals surface area contributed by atoms with Crippen molar-refractivity contribution in [2.45, 2.75) is 63.4 Å². The third kappa shape index (κ3) is 4.79. The number of carbonyl (C=O) groups excluding carboxylic acids is 3. The second-order valence-corrected chi connectivity index (χ2v) is 12.0. The highest BCUT2D eigenvalue weighted by atomic mass is 16.5. The summed E-state index contributed by atoms with van der Waals surface area (Å²) in [6.45, 7) is 4.11. The number of rotatable bonds is 9. The molecule has 0 radical (unpaired) electrons. The van der Waals surface area contributed by atoms with Gasteiger partial charge in [-0.25, -0.2) is 0 Å². The van der Waals surface area contributed by atoms with Crippen LogP contribution >= 0.6 is 0 Å². The number of likely N-dealkylation sites (tertiary alicyclic amines) is 1. The van der Waals surface area contributed by atoms with Crippen LogP contribution in [0.1, 0.15) is 38.7 Å². The van der Waals surface area contributed by atoms with Crippen molar-refractivity contribution in [1.82, 2.24) is 10.2 Å². The molecular weight excluding hydrogens is 518 g/mol. The standard InChI is InChI=1S/C33H37N3O5/c1-20(2)16-25(19-37)36-29(31(39)35-24-13-12-22-10-6-7-11-23(22)17-24)33-15-14-26(41-33)27(28(33)32(36)40)30(38)34-18-21-8-4-3-5-9-21/h3-13,17,20,25-29,37H,14-16,18-19H2,1-2H3,(H,34,38)(H,35,39)/t25-,26-,27+,28+,29?,33?/m1/s1. The first kappa shape index (κ1) is 27.4. The van der Waals surface area contributed by atoms with Gasteiger partial charge in [0.2, 0.25) is 17.7 Å². The Morgan fingerprint density at radius 2 is 1.76 bits per heavy atom. The van der Waals surface area contributed by atoms with Crippen LogP contribution < -0.4 is 10.6 Å². The van der Waals surface area contributed by atoms with E-state index in [-0.39, 0.29) is 30.2 Å². The molecule has 8 nitrogen and oxygen atoms in total. The van der Waals surface area contributed by atoms with Crippen molar-refractivity contribution in [2.24, 2.45) is 17.8 Å². The molecule has 3 aliphatic heterocycles. The zero-order chi connectivity index (χ0) is 28.7. The first-order chi connectivity index (χ1) is 19.8. The molecule has 8 heteroatoms. The number of hydrogen-bond acceptors (Lipinski definition) is 5. The number of carbonyl (C=O) groups is 3. The molecule has 0 aromatic heterocycles. The molecule has 2 unspecified atom stereocenters. The van der Waals surface area contributed by atoms with E-state index in [1.165, 1.54) is 0 Å². The first-order valence-electron chi connectivity index (χ1n) is 14.5. The molecule has 3 aliphatic rings. The summed E-state index contributed by atoms with van der Waals surface area (Å²) in [7, 11) is 0. The zero-order valence-corrected chi connectivity index (χ0v) is 23.5. The Balaban J connectivity index is 1.32. The summed E-state index contributed by atoms with van der Waals surface area (Å²) in [6, 6.07) is 21.7. The van der Waals surface area contributed by atoms with Crippen molar-refractivity contribution in [2.75, 3.05) is 11.9 Å². The second-order valence-electron chi connectivity index (χ2n) is 12.0. The van der Waals surface area contributed by atoms with Gasteiger partial charge in [-0.3, -0.25) is 14.4 Å². The number of nitrogens with one attached hydrogen (secondary N) is 2. The Morgan fingerprint density at radius 1 is 1.02 bits per heavy atom. The van der Waals surface area contributed by atoms with E-state index in [0.717, 1.165) is 16.3 Å². The van der Waals surface area contributed by atoms with Gasteiger partial charge in [-0.15, -0.1) is 0 Å². The Labute approximate surface area is 240 Å². The molecule has 214 valence electrons. The summed E-state index contributed by atoms with van der Waals surface area (Å²) in [5.74, 6) is -2.18. The van der Waals surface area contributed by atoms with Crippen molar-refractivity contribution in [3.63, 3.8) is 0 Å². The van der Waals surface area contributed by atoms with E-state index in [2.05, 4.69) is 10.6 Å². The van der Waals surface area contributed by atoms with Crippen molar-refractivity contribution in [1.29, 1.82) is 0 Å². The van der Waals surface area contributed by atoms with Gasteiger partial charge in [-0.05, 0) is 53.6 Å². The summed E-state index contributed by atoms with van der Waals surface area (Å²) in [5.41, 5.74) is 0.459. The molecule has 6 rings (SSSR count). The van der Waals surface area contributed by atoms with Gasteiger partial charge in [0.15, 0.2) is 0 Å². The summed E-state index contributed by atoms with van der Waals surface area (Å²) >= 11 is 0. The summed E-state index contributed by atoms with van der Waals surface area (Å²) in [6.07, 6.45) is 1.19. The van der Waals surface area contributed by atoms with E-state index in [1.54, 1.807) is 4.90 Å². The quantitative estimate of drug-likeness (QED) is 0.372. The third-order valence-corrected chi connectivity index (χ3v) is 8.96. The number of fused-ring (bicyclic) bond motifs is 2. The smallest absolute Gasteiger partial charge is 0.250 e. The molecule has 2 bridgehead atoms. The lowest BCUT2D eigenvalue weighted by Crippen LogP contribution is -2.56. The van der Waals surface area contributed by atoms with Crippen LogP contribution in [0.25, 0.3) is 10.8 Å². The van der Waals surface area contributed by atoms with Gasteiger partial charge >= 0.3 is 0 Å². The van der Waals surface area contributed by atoms with Gasteiger partial charge in [-0.2, -0.15) is 0 Å². The van der Waals surface area contributed by atoms with Gasteiger partial charge in [0.1, 0.15) is 11.6 Å².